The van der Waals surface area contributed by atoms with Crippen LogP contribution in [0.2, 0.25) is 0 Å². The molecule has 0 saturated carbocycles. The number of carboxylic acid groups (broad SMARTS) is 1. The average molecular weight is 527 g/mol. The number of hydrogen-bond acceptors (Lipinski definition) is 3. The van der Waals surface area contributed by atoms with Crippen molar-refractivity contribution in [3.8, 4) is 0 Å². The lowest BCUT2D eigenvalue weighted by Crippen LogP contribution is -2.16. The van der Waals surface area contributed by atoms with E-state index >= 15 is 0 Å². The molecule has 0 aliphatic heterocycles. The first-order chi connectivity index (χ1) is 18.6. The van der Waals surface area contributed by atoms with Crippen molar-refractivity contribution >= 4 is 11.9 Å². The summed E-state index contributed by atoms with van der Waals surface area (Å²) in [6, 6.07) is 0. The Labute approximate surface area is 233 Å². The van der Waals surface area contributed by atoms with Crippen LogP contribution in [0.3, 0.4) is 0 Å². The zero-order chi connectivity index (χ0) is 27.9. The lowest BCUT2D eigenvalue weighted by molar-refractivity contribution is -0.147. The molecule has 0 saturated heterocycles. The number of aliphatic carboxylic acids is 1. The van der Waals surface area contributed by atoms with E-state index in [1.54, 1.807) is 0 Å². The van der Waals surface area contributed by atoms with Crippen LogP contribution in [0.1, 0.15) is 123 Å². The molecule has 4 heteroatoms. The molecule has 0 aromatic rings. The summed E-state index contributed by atoms with van der Waals surface area (Å²) in [7, 11) is 0. The number of allylic oxidation sites excluding steroid dienone is 11. The minimum atomic E-state index is -0.738. The summed E-state index contributed by atoms with van der Waals surface area (Å²) < 4.78 is 5.76. The van der Waals surface area contributed by atoms with Crippen molar-refractivity contribution in [2.75, 3.05) is 0 Å². The van der Waals surface area contributed by atoms with E-state index in [1.807, 2.05) is 6.08 Å². The zero-order valence-corrected chi connectivity index (χ0v) is 24.2. The highest BCUT2D eigenvalue weighted by molar-refractivity contribution is 5.69. The van der Waals surface area contributed by atoms with Crippen LogP contribution in [0.15, 0.2) is 72.9 Å². The maximum atomic E-state index is 12.4. The molecule has 0 aromatic heterocycles. The van der Waals surface area contributed by atoms with Crippen LogP contribution >= 0.6 is 0 Å². The SMILES string of the molecule is CC/C=C\C/C=C\C/C=C\C/C=C\CCCCC(=O)OC(/C=C\C/C=C\CCC)CCCCCCC(=O)O. The van der Waals surface area contributed by atoms with E-state index in [2.05, 4.69) is 80.7 Å². The molecular weight excluding hydrogens is 472 g/mol. The smallest absolute Gasteiger partial charge is 0.306 e. The summed E-state index contributed by atoms with van der Waals surface area (Å²) in [5.41, 5.74) is 0. The van der Waals surface area contributed by atoms with Crippen LogP contribution in [0.5, 0.6) is 0 Å². The van der Waals surface area contributed by atoms with Crippen molar-refractivity contribution < 1.29 is 19.4 Å². The second kappa shape index (κ2) is 28.9. The maximum absolute atomic E-state index is 12.4. The van der Waals surface area contributed by atoms with Gasteiger partial charge in [-0.2, -0.15) is 0 Å². The van der Waals surface area contributed by atoms with Gasteiger partial charge < -0.3 is 9.84 Å². The highest BCUT2D eigenvalue weighted by Gasteiger charge is 2.11. The van der Waals surface area contributed by atoms with Gasteiger partial charge in [0.15, 0.2) is 0 Å². The van der Waals surface area contributed by atoms with Crippen LogP contribution in [-0.2, 0) is 14.3 Å². The Hall–Kier alpha value is -2.62. The van der Waals surface area contributed by atoms with Crippen molar-refractivity contribution in [2.45, 2.75) is 129 Å². The van der Waals surface area contributed by atoms with Crippen molar-refractivity contribution in [1.29, 1.82) is 0 Å². The molecule has 1 unspecified atom stereocenters. The third-order valence-corrected chi connectivity index (χ3v) is 5.88. The number of carbonyl (C=O) groups excluding carboxylic acids is 1. The van der Waals surface area contributed by atoms with Crippen LogP contribution in [0.25, 0.3) is 0 Å². The fourth-order valence-electron chi connectivity index (χ4n) is 3.72. The molecular formula is C34H54O4. The fraction of sp³-hybridized carbons (Fsp3) is 0.588. The lowest BCUT2D eigenvalue weighted by atomic mass is 10.1. The summed E-state index contributed by atoms with van der Waals surface area (Å²) in [6.45, 7) is 4.31. The number of unbranched alkanes of at least 4 members (excludes halogenated alkanes) is 6. The Morgan fingerprint density at radius 1 is 0.632 bits per heavy atom. The van der Waals surface area contributed by atoms with E-state index in [-0.39, 0.29) is 18.5 Å². The number of hydrogen-bond donors (Lipinski definition) is 1. The van der Waals surface area contributed by atoms with Gasteiger partial charge in [-0.3, -0.25) is 9.59 Å². The summed E-state index contributed by atoms with van der Waals surface area (Å²) in [4.78, 5) is 23.0. The molecule has 0 bridgehead atoms. The molecule has 0 radical (unpaired) electrons. The van der Waals surface area contributed by atoms with Crippen LogP contribution in [0.4, 0.5) is 0 Å². The summed E-state index contributed by atoms with van der Waals surface area (Å²) in [6.07, 6.45) is 40.7. The lowest BCUT2D eigenvalue weighted by Gasteiger charge is -2.14. The Morgan fingerprint density at radius 2 is 1.18 bits per heavy atom. The topological polar surface area (TPSA) is 63.6 Å². The Balaban J connectivity index is 4.16. The Morgan fingerprint density at radius 3 is 1.82 bits per heavy atom. The van der Waals surface area contributed by atoms with Crippen molar-refractivity contribution in [1.82, 2.24) is 0 Å². The minimum Gasteiger partial charge on any atom is -0.481 e. The van der Waals surface area contributed by atoms with E-state index in [4.69, 9.17) is 9.84 Å². The average Bonchev–Trinajstić information content (AvgIpc) is 2.89. The predicted molar refractivity (Wildman–Crippen MR) is 162 cm³/mol. The molecule has 38 heavy (non-hydrogen) atoms. The fourth-order valence-corrected chi connectivity index (χ4v) is 3.72. The molecule has 0 heterocycles. The van der Waals surface area contributed by atoms with Crippen molar-refractivity contribution in [2.24, 2.45) is 0 Å². The normalized spacial score (nSPS) is 13.3. The number of esters is 1. The largest absolute Gasteiger partial charge is 0.481 e. The minimum absolute atomic E-state index is 0.128. The standard InChI is InChI=1S/C34H54O4/c1-3-5-7-9-11-12-13-14-15-16-17-18-19-21-27-31-34(37)38-32(28-24-20-10-8-6-4-2)29-25-22-23-26-30-33(35)36/h5,7-8,10-12,14-15,17-18,24,28,32H,3-4,6,9,13,16,19-23,25-27,29-31H2,1-2H3,(H,35,36)/b7-5-,10-8-,12-11-,15-14-,18-17-,28-24-. The van der Waals surface area contributed by atoms with Crippen molar-refractivity contribution in [3.63, 3.8) is 0 Å². The van der Waals surface area contributed by atoms with Gasteiger partial charge in [0.1, 0.15) is 6.10 Å². The van der Waals surface area contributed by atoms with Gasteiger partial charge in [-0.1, -0.05) is 99.9 Å². The van der Waals surface area contributed by atoms with Gasteiger partial charge in [-0.15, -0.1) is 0 Å². The van der Waals surface area contributed by atoms with Gasteiger partial charge in [-0.25, -0.2) is 0 Å². The quantitative estimate of drug-likeness (QED) is 0.0730. The van der Waals surface area contributed by atoms with Gasteiger partial charge in [0, 0.05) is 12.8 Å². The third kappa shape index (κ3) is 28.0. The van der Waals surface area contributed by atoms with Gasteiger partial charge in [0.25, 0.3) is 0 Å². The molecule has 0 fully saturated rings. The molecule has 214 valence electrons. The summed E-state index contributed by atoms with van der Waals surface area (Å²) in [5, 5.41) is 8.75. The molecule has 0 amide bonds. The Kier molecular flexibility index (Phi) is 26.9. The van der Waals surface area contributed by atoms with E-state index in [1.165, 1.54) is 0 Å². The molecule has 0 aliphatic rings. The first-order valence-corrected chi connectivity index (χ1v) is 14.9. The van der Waals surface area contributed by atoms with Gasteiger partial charge in [0.05, 0.1) is 0 Å². The molecule has 1 atom stereocenters. The summed E-state index contributed by atoms with van der Waals surface area (Å²) in [5.74, 6) is -0.866. The molecule has 4 nitrogen and oxygen atoms in total. The van der Waals surface area contributed by atoms with Gasteiger partial charge in [0.2, 0.25) is 0 Å². The molecule has 0 rings (SSSR count). The molecule has 0 aliphatic carbocycles. The van der Waals surface area contributed by atoms with Crippen LogP contribution in [0, 0.1) is 0 Å². The van der Waals surface area contributed by atoms with E-state index in [0.29, 0.717) is 12.8 Å². The predicted octanol–water partition coefficient (Wildman–Crippen LogP) is 9.99. The first-order valence-electron chi connectivity index (χ1n) is 14.9. The number of carbonyl (C=O) groups is 2. The third-order valence-electron chi connectivity index (χ3n) is 5.88. The van der Waals surface area contributed by atoms with E-state index in [0.717, 1.165) is 89.9 Å². The summed E-state index contributed by atoms with van der Waals surface area (Å²) >= 11 is 0. The van der Waals surface area contributed by atoms with Crippen LogP contribution < -0.4 is 0 Å². The second-order valence-electron chi connectivity index (χ2n) is 9.55. The van der Waals surface area contributed by atoms with E-state index in [9.17, 15) is 9.59 Å². The molecule has 0 aromatic carbocycles. The monoisotopic (exact) mass is 526 g/mol. The number of carboxylic acids is 1. The zero-order valence-electron chi connectivity index (χ0n) is 24.2. The second-order valence-corrected chi connectivity index (χ2v) is 9.55. The molecule has 1 N–H and O–H groups in total. The maximum Gasteiger partial charge on any atom is 0.306 e. The Bertz CT molecular complexity index is 740. The molecule has 0 spiro atoms. The number of ether oxygens (including phenoxy) is 1. The van der Waals surface area contributed by atoms with Crippen LogP contribution in [-0.4, -0.2) is 23.1 Å². The van der Waals surface area contributed by atoms with E-state index < -0.39 is 5.97 Å². The number of rotatable bonds is 25. The highest BCUT2D eigenvalue weighted by atomic mass is 16.5. The van der Waals surface area contributed by atoms with Gasteiger partial charge >= 0.3 is 11.9 Å². The van der Waals surface area contributed by atoms with Gasteiger partial charge in [-0.05, 0) is 83.1 Å². The highest BCUT2D eigenvalue weighted by Crippen LogP contribution is 2.13. The van der Waals surface area contributed by atoms with Crippen molar-refractivity contribution in [3.05, 3.63) is 72.9 Å². The first kappa shape index (κ1) is 35.4.